The van der Waals surface area contributed by atoms with Crippen molar-refractivity contribution >= 4 is 50.7 Å². The highest BCUT2D eigenvalue weighted by atomic mass is 35.5. The Kier molecular flexibility index (Phi) is 10.9. The normalized spacial score (nSPS) is 12.8. The van der Waals surface area contributed by atoms with Crippen LogP contribution in [0, 0.1) is 5.92 Å². The molecule has 7 nitrogen and oxygen atoms in total. The molecule has 0 saturated carbocycles. The van der Waals surface area contributed by atoms with E-state index in [0.29, 0.717) is 27.5 Å². The number of rotatable bonds is 11. The first kappa shape index (κ1) is 31.7. The van der Waals surface area contributed by atoms with Gasteiger partial charge in [-0.05, 0) is 48.2 Å². The number of nitrogens with zero attached hydrogens (tertiary/aromatic N) is 2. The number of halogens is 5. The van der Waals surface area contributed by atoms with Crippen LogP contribution in [0.4, 0.5) is 18.9 Å². The van der Waals surface area contributed by atoms with Gasteiger partial charge in [-0.2, -0.15) is 13.2 Å². The molecule has 0 fully saturated rings. The molecule has 1 atom stereocenters. The first-order chi connectivity index (χ1) is 17.5. The molecular weight excluding hydrogens is 566 g/mol. The van der Waals surface area contributed by atoms with Gasteiger partial charge in [0.05, 0.1) is 17.5 Å². The van der Waals surface area contributed by atoms with Crippen LogP contribution in [0.15, 0.2) is 42.5 Å². The summed E-state index contributed by atoms with van der Waals surface area (Å²) < 4.78 is 65.7. The van der Waals surface area contributed by atoms with Gasteiger partial charge in [-0.1, -0.05) is 56.1 Å². The molecule has 2 amide bonds. The third-order valence-electron chi connectivity index (χ3n) is 5.57. The highest BCUT2D eigenvalue weighted by Crippen LogP contribution is 2.32. The molecule has 0 saturated heterocycles. The lowest BCUT2D eigenvalue weighted by molar-refractivity contribution is -0.140. The average molecular weight is 596 g/mol. The molecule has 0 aliphatic heterocycles. The lowest BCUT2D eigenvalue weighted by atomic mass is 10.1. The van der Waals surface area contributed by atoms with E-state index in [4.69, 9.17) is 23.2 Å². The van der Waals surface area contributed by atoms with Crippen LogP contribution < -0.4 is 9.62 Å². The fourth-order valence-corrected chi connectivity index (χ4v) is 4.94. The Labute approximate surface area is 230 Å². The highest BCUT2D eigenvalue weighted by molar-refractivity contribution is 7.92. The van der Waals surface area contributed by atoms with Crippen LogP contribution in [0.1, 0.15) is 38.3 Å². The molecule has 0 radical (unpaired) electrons. The number of amides is 2. The standard InChI is InChI=1S/C25H30Cl2F3N3O4S/c1-5-22(24(35)31-13-16(2)3)32(14-17-9-10-19(26)12-21(17)27)23(34)15-33(38(4,36)37)20-8-6-7-18(11-20)25(28,29)30/h6-12,16,22H,5,13-15H2,1-4H3,(H,31,35)/t22-/m1/s1. The highest BCUT2D eigenvalue weighted by Gasteiger charge is 2.34. The number of hydrogen-bond donors (Lipinski definition) is 1. The van der Waals surface area contributed by atoms with Crippen LogP contribution in [-0.2, 0) is 32.3 Å². The van der Waals surface area contributed by atoms with Crippen molar-refractivity contribution in [1.29, 1.82) is 0 Å². The molecule has 13 heteroatoms. The Morgan fingerprint density at radius 2 is 1.74 bits per heavy atom. The monoisotopic (exact) mass is 595 g/mol. The van der Waals surface area contributed by atoms with E-state index in [2.05, 4.69) is 5.32 Å². The van der Waals surface area contributed by atoms with Gasteiger partial charge in [0.1, 0.15) is 12.6 Å². The second-order valence-electron chi connectivity index (χ2n) is 9.14. The smallest absolute Gasteiger partial charge is 0.354 e. The number of carbonyl (C=O) groups excluding carboxylic acids is 2. The van der Waals surface area contributed by atoms with E-state index < -0.39 is 46.2 Å². The van der Waals surface area contributed by atoms with Crippen molar-refractivity contribution in [2.45, 2.75) is 46.0 Å². The van der Waals surface area contributed by atoms with E-state index in [0.717, 1.165) is 24.5 Å². The van der Waals surface area contributed by atoms with E-state index in [1.165, 1.54) is 11.0 Å². The Bertz CT molecular complexity index is 1260. The third kappa shape index (κ3) is 8.78. The first-order valence-corrected chi connectivity index (χ1v) is 14.3. The van der Waals surface area contributed by atoms with Crippen molar-refractivity contribution in [2.24, 2.45) is 5.92 Å². The van der Waals surface area contributed by atoms with Gasteiger partial charge in [0.15, 0.2) is 0 Å². The van der Waals surface area contributed by atoms with E-state index in [1.54, 1.807) is 19.1 Å². The van der Waals surface area contributed by atoms with Crippen molar-refractivity contribution in [2.75, 3.05) is 23.7 Å². The number of hydrogen-bond acceptors (Lipinski definition) is 4. The van der Waals surface area contributed by atoms with Crippen LogP contribution in [0.3, 0.4) is 0 Å². The van der Waals surface area contributed by atoms with Gasteiger partial charge in [-0.25, -0.2) is 8.42 Å². The third-order valence-corrected chi connectivity index (χ3v) is 7.29. The number of sulfonamides is 1. The molecule has 0 bridgehead atoms. The second-order valence-corrected chi connectivity index (χ2v) is 11.9. The fraction of sp³-hybridized carbons (Fsp3) is 0.440. The molecule has 0 aliphatic carbocycles. The summed E-state index contributed by atoms with van der Waals surface area (Å²) in [6.07, 6.45) is -3.75. The minimum absolute atomic E-state index is 0.132. The molecule has 0 spiro atoms. The minimum atomic E-state index is -4.72. The van der Waals surface area contributed by atoms with Gasteiger partial charge >= 0.3 is 6.18 Å². The zero-order chi connectivity index (χ0) is 28.8. The topological polar surface area (TPSA) is 86.8 Å². The van der Waals surface area contributed by atoms with Crippen LogP contribution in [0.25, 0.3) is 0 Å². The number of nitrogens with one attached hydrogen (secondary N) is 1. The summed E-state index contributed by atoms with van der Waals surface area (Å²) in [5, 5.41) is 3.35. The molecule has 0 aromatic heterocycles. The zero-order valence-electron chi connectivity index (χ0n) is 21.4. The second kappa shape index (κ2) is 13.0. The molecule has 1 N–H and O–H groups in total. The molecule has 2 rings (SSSR count). The van der Waals surface area contributed by atoms with Gasteiger partial charge < -0.3 is 10.2 Å². The first-order valence-electron chi connectivity index (χ1n) is 11.7. The maximum atomic E-state index is 13.6. The molecule has 2 aromatic carbocycles. The predicted molar refractivity (Wildman–Crippen MR) is 143 cm³/mol. The Hall–Kier alpha value is -2.50. The van der Waals surface area contributed by atoms with Gasteiger partial charge in [0.2, 0.25) is 21.8 Å². The summed E-state index contributed by atoms with van der Waals surface area (Å²) in [5.74, 6) is -1.12. The van der Waals surface area contributed by atoms with Crippen LogP contribution in [0.2, 0.25) is 10.0 Å². The number of alkyl halides is 3. The summed E-state index contributed by atoms with van der Waals surface area (Å²) in [7, 11) is -4.20. The quantitative estimate of drug-likeness (QED) is 0.379. The van der Waals surface area contributed by atoms with Crippen LogP contribution >= 0.6 is 23.2 Å². The summed E-state index contributed by atoms with van der Waals surface area (Å²) in [6, 6.07) is 7.26. The molecule has 2 aromatic rings. The lowest BCUT2D eigenvalue weighted by Gasteiger charge is -2.33. The zero-order valence-corrected chi connectivity index (χ0v) is 23.7. The maximum absolute atomic E-state index is 13.6. The Balaban J connectivity index is 2.51. The number of carbonyl (C=O) groups is 2. The van der Waals surface area contributed by atoms with Crippen molar-refractivity contribution in [3.05, 3.63) is 63.6 Å². The molecule has 0 aliphatic rings. The van der Waals surface area contributed by atoms with Crippen molar-refractivity contribution < 1.29 is 31.2 Å². The Morgan fingerprint density at radius 1 is 1.08 bits per heavy atom. The fourth-order valence-electron chi connectivity index (χ4n) is 3.63. The van der Waals surface area contributed by atoms with Crippen LogP contribution in [-0.4, -0.2) is 50.5 Å². The van der Waals surface area contributed by atoms with Gasteiger partial charge in [-0.3, -0.25) is 13.9 Å². The minimum Gasteiger partial charge on any atom is -0.354 e. The lowest BCUT2D eigenvalue weighted by Crippen LogP contribution is -2.52. The maximum Gasteiger partial charge on any atom is 0.416 e. The predicted octanol–water partition coefficient (Wildman–Crippen LogP) is 5.36. The largest absolute Gasteiger partial charge is 0.416 e. The number of benzene rings is 2. The van der Waals surface area contributed by atoms with Crippen LogP contribution in [0.5, 0.6) is 0 Å². The molecular formula is C25H30Cl2F3N3O4S. The molecule has 38 heavy (non-hydrogen) atoms. The van der Waals surface area contributed by atoms with E-state index in [1.807, 2.05) is 13.8 Å². The summed E-state index contributed by atoms with van der Waals surface area (Å²) in [5.41, 5.74) is -0.956. The SMILES string of the molecule is CC[C@H](C(=O)NCC(C)C)N(Cc1ccc(Cl)cc1Cl)C(=O)CN(c1cccc(C(F)(F)F)c1)S(C)(=O)=O. The van der Waals surface area contributed by atoms with Gasteiger partial charge in [-0.15, -0.1) is 0 Å². The van der Waals surface area contributed by atoms with E-state index in [9.17, 15) is 31.2 Å². The van der Waals surface area contributed by atoms with Gasteiger partial charge in [0.25, 0.3) is 0 Å². The molecule has 0 unspecified atom stereocenters. The van der Waals surface area contributed by atoms with Gasteiger partial charge in [0, 0.05) is 23.1 Å². The van der Waals surface area contributed by atoms with Crippen molar-refractivity contribution in [1.82, 2.24) is 10.2 Å². The van der Waals surface area contributed by atoms with E-state index in [-0.39, 0.29) is 29.6 Å². The summed E-state index contributed by atoms with van der Waals surface area (Å²) >= 11 is 12.3. The van der Waals surface area contributed by atoms with Crippen molar-refractivity contribution in [3.8, 4) is 0 Å². The molecule has 0 heterocycles. The Morgan fingerprint density at radius 3 is 2.26 bits per heavy atom. The van der Waals surface area contributed by atoms with Crippen molar-refractivity contribution in [3.63, 3.8) is 0 Å². The molecule has 210 valence electrons. The van der Waals surface area contributed by atoms with E-state index >= 15 is 0 Å². The average Bonchev–Trinajstić information content (AvgIpc) is 2.81. The summed E-state index contributed by atoms with van der Waals surface area (Å²) in [6.45, 7) is 4.83. The number of anilines is 1. The summed E-state index contributed by atoms with van der Waals surface area (Å²) in [4.78, 5) is 27.9.